The first-order valence-corrected chi connectivity index (χ1v) is 7.81. The van der Waals surface area contributed by atoms with Crippen molar-refractivity contribution in [3.63, 3.8) is 0 Å². The zero-order chi connectivity index (χ0) is 14.5. The second-order valence-corrected chi connectivity index (χ2v) is 6.12. The van der Waals surface area contributed by atoms with Crippen LogP contribution in [0.5, 0.6) is 5.75 Å². The molecule has 2 rings (SSSR count). The van der Waals surface area contributed by atoms with Crippen molar-refractivity contribution in [2.45, 2.75) is 24.3 Å². The summed E-state index contributed by atoms with van der Waals surface area (Å²) < 4.78 is 5.10. The third-order valence-corrected chi connectivity index (χ3v) is 4.81. The predicted octanol–water partition coefficient (Wildman–Crippen LogP) is 2.02. The lowest BCUT2D eigenvalue weighted by molar-refractivity contribution is -0.130. The molecular formula is C15H21NO3S. The maximum Gasteiger partial charge on any atom is 0.233 e. The molecule has 20 heavy (non-hydrogen) atoms. The van der Waals surface area contributed by atoms with E-state index < -0.39 is 0 Å². The van der Waals surface area contributed by atoms with E-state index in [9.17, 15) is 9.90 Å². The molecule has 4 nitrogen and oxygen atoms in total. The van der Waals surface area contributed by atoms with Crippen molar-refractivity contribution in [2.75, 3.05) is 26.0 Å². The molecule has 0 spiro atoms. The fraction of sp³-hybridized carbons (Fsp3) is 0.533. The van der Waals surface area contributed by atoms with Crippen LogP contribution < -0.4 is 4.74 Å². The maximum absolute atomic E-state index is 12.2. The first-order valence-electron chi connectivity index (χ1n) is 6.83. The summed E-state index contributed by atoms with van der Waals surface area (Å²) in [7, 11) is 1.63. The molecule has 110 valence electrons. The number of aliphatic hydroxyl groups excluding tert-OH is 1. The summed E-state index contributed by atoms with van der Waals surface area (Å²) in [5.74, 6) is 1.72. The Morgan fingerprint density at radius 3 is 2.75 bits per heavy atom. The number of benzene rings is 1. The van der Waals surface area contributed by atoms with Gasteiger partial charge in [0.15, 0.2) is 0 Å². The van der Waals surface area contributed by atoms with Crippen LogP contribution in [0, 0.1) is 5.92 Å². The highest BCUT2D eigenvalue weighted by Gasteiger charge is 2.33. The molecule has 1 amide bonds. The molecule has 1 aliphatic rings. The van der Waals surface area contributed by atoms with Gasteiger partial charge in [-0.2, -0.15) is 0 Å². The maximum atomic E-state index is 12.2. The van der Waals surface area contributed by atoms with Crippen molar-refractivity contribution in [1.29, 1.82) is 0 Å². The average Bonchev–Trinajstić information content (AvgIpc) is 2.86. The van der Waals surface area contributed by atoms with Crippen LogP contribution >= 0.6 is 11.8 Å². The van der Waals surface area contributed by atoms with Crippen molar-refractivity contribution >= 4 is 17.7 Å². The van der Waals surface area contributed by atoms with Gasteiger partial charge in [0.05, 0.1) is 25.5 Å². The number of hydrogen-bond donors (Lipinski definition) is 1. The molecule has 0 radical (unpaired) electrons. The van der Waals surface area contributed by atoms with Crippen LogP contribution in [0.4, 0.5) is 0 Å². The van der Waals surface area contributed by atoms with Crippen LogP contribution in [0.1, 0.15) is 13.3 Å². The van der Waals surface area contributed by atoms with Crippen LogP contribution in [0.25, 0.3) is 0 Å². The standard InChI is InChI=1S/C15H21NO3S/c1-11-7-8-16(14(11)9-17)15(18)10-20-13-5-3-12(19-2)4-6-13/h3-6,11,14,17H,7-10H2,1-2H3. The fourth-order valence-corrected chi connectivity index (χ4v) is 3.28. The zero-order valence-corrected chi connectivity index (χ0v) is 12.7. The first-order chi connectivity index (χ1) is 9.65. The largest absolute Gasteiger partial charge is 0.497 e. The van der Waals surface area contributed by atoms with E-state index in [2.05, 4.69) is 6.92 Å². The van der Waals surface area contributed by atoms with E-state index in [1.807, 2.05) is 29.2 Å². The third-order valence-electron chi connectivity index (χ3n) is 3.81. The van der Waals surface area contributed by atoms with Gasteiger partial charge in [-0.25, -0.2) is 0 Å². The second kappa shape index (κ2) is 6.99. The minimum absolute atomic E-state index is 0.0148. The van der Waals surface area contributed by atoms with Crippen LogP contribution in [0.15, 0.2) is 29.2 Å². The molecule has 1 fully saturated rings. The van der Waals surface area contributed by atoms with E-state index >= 15 is 0 Å². The summed E-state index contributed by atoms with van der Waals surface area (Å²) in [6.45, 7) is 2.90. The molecule has 0 saturated carbocycles. The van der Waals surface area contributed by atoms with Gasteiger partial charge < -0.3 is 14.7 Å². The van der Waals surface area contributed by atoms with Crippen LogP contribution in [-0.4, -0.2) is 48.0 Å². The van der Waals surface area contributed by atoms with Crippen molar-refractivity contribution in [3.05, 3.63) is 24.3 Å². The molecule has 0 aliphatic carbocycles. The lowest BCUT2D eigenvalue weighted by Crippen LogP contribution is -2.40. The lowest BCUT2D eigenvalue weighted by atomic mass is 10.0. The summed E-state index contributed by atoms with van der Waals surface area (Å²) >= 11 is 1.52. The molecule has 0 aromatic heterocycles. The van der Waals surface area contributed by atoms with E-state index in [0.717, 1.165) is 23.6 Å². The zero-order valence-electron chi connectivity index (χ0n) is 11.9. The summed E-state index contributed by atoms with van der Waals surface area (Å²) in [5.41, 5.74) is 0. The molecule has 5 heteroatoms. The summed E-state index contributed by atoms with van der Waals surface area (Å²) in [6, 6.07) is 7.67. The van der Waals surface area contributed by atoms with Crippen molar-refractivity contribution in [1.82, 2.24) is 4.90 Å². The van der Waals surface area contributed by atoms with Gasteiger partial charge in [0, 0.05) is 11.4 Å². The highest BCUT2D eigenvalue weighted by atomic mass is 32.2. The minimum atomic E-state index is -0.0148. The summed E-state index contributed by atoms with van der Waals surface area (Å²) in [6.07, 6.45) is 0.976. The lowest BCUT2D eigenvalue weighted by Gasteiger charge is -2.25. The Morgan fingerprint density at radius 2 is 2.15 bits per heavy atom. The number of likely N-dealkylation sites (tertiary alicyclic amines) is 1. The number of methoxy groups -OCH3 is 1. The number of rotatable bonds is 5. The minimum Gasteiger partial charge on any atom is -0.497 e. The van der Waals surface area contributed by atoms with Gasteiger partial charge in [0.1, 0.15) is 5.75 Å². The number of carbonyl (C=O) groups excluding carboxylic acids is 1. The Bertz CT molecular complexity index is 449. The molecule has 2 unspecified atom stereocenters. The molecule has 1 saturated heterocycles. The van der Waals surface area contributed by atoms with Crippen molar-refractivity contribution in [2.24, 2.45) is 5.92 Å². The Kier molecular flexibility index (Phi) is 5.31. The number of ether oxygens (including phenoxy) is 1. The number of carbonyl (C=O) groups is 1. The van der Waals surface area contributed by atoms with Gasteiger partial charge >= 0.3 is 0 Å². The van der Waals surface area contributed by atoms with Gasteiger partial charge in [0.25, 0.3) is 0 Å². The third kappa shape index (κ3) is 3.46. The molecular weight excluding hydrogens is 274 g/mol. The molecule has 2 atom stereocenters. The quantitative estimate of drug-likeness (QED) is 0.844. The van der Waals surface area contributed by atoms with E-state index in [1.54, 1.807) is 7.11 Å². The van der Waals surface area contributed by atoms with Crippen LogP contribution in [0.2, 0.25) is 0 Å². The number of thioether (sulfide) groups is 1. The highest BCUT2D eigenvalue weighted by molar-refractivity contribution is 8.00. The molecule has 1 aromatic rings. The summed E-state index contributed by atoms with van der Waals surface area (Å²) in [4.78, 5) is 15.1. The molecule has 1 heterocycles. The monoisotopic (exact) mass is 295 g/mol. The van der Waals surface area contributed by atoms with Gasteiger partial charge in [-0.15, -0.1) is 11.8 Å². The number of hydrogen-bond acceptors (Lipinski definition) is 4. The normalized spacial score (nSPS) is 22.1. The fourth-order valence-electron chi connectivity index (χ4n) is 2.50. The SMILES string of the molecule is COc1ccc(SCC(=O)N2CCC(C)C2CO)cc1. The Labute approximate surface area is 124 Å². The van der Waals surface area contributed by atoms with E-state index in [-0.39, 0.29) is 18.6 Å². The topological polar surface area (TPSA) is 49.8 Å². The second-order valence-electron chi connectivity index (χ2n) is 5.07. The van der Waals surface area contributed by atoms with Crippen LogP contribution in [-0.2, 0) is 4.79 Å². The molecule has 1 N–H and O–H groups in total. The van der Waals surface area contributed by atoms with E-state index in [1.165, 1.54) is 11.8 Å². The average molecular weight is 295 g/mol. The van der Waals surface area contributed by atoms with Gasteiger partial charge in [-0.05, 0) is 36.6 Å². The van der Waals surface area contributed by atoms with Crippen molar-refractivity contribution in [3.8, 4) is 5.75 Å². The number of aliphatic hydroxyl groups is 1. The molecule has 1 aliphatic heterocycles. The van der Waals surface area contributed by atoms with Crippen LogP contribution in [0.3, 0.4) is 0 Å². The van der Waals surface area contributed by atoms with E-state index in [0.29, 0.717) is 11.7 Å². The Morgan fingerprint density at radius 1 is 1.45 bits per heavy atom. The Balaban J connectivity index is 1.88. The first kappa shape index (κ1) is 15.2. The summed E-state index contributed by atoms with van der Waals surface area (Å²) in [5, 5.41) is 9.38. The van der Waals surface area contributed by atoms with Crippen molar-refractivity contribution < 1.29 is 14.6 Å². The molecule has 0 bridgehead atoms. The van der Waals surface area contributed by atoms with Gasteiger partial charge in [-0.1, -0.05) is 6.92 Å². The highest BCUT2D eigenvalue weighted by Crippen LogP contribution is 2.26. The van der Waals surface area contributed by atoms with Gasteiger partial charge in [-0.3, -0.25) is 4.79 Å². The number of amides is 1. The van der Waals surface area contributed by atoms with E-state index in [4.69, 9.17) is 4.74 Å². The predicted molar refractivity (Wildman–Crippen MR) is 80.1 cm³/mol. The molecule has 1 aromatic carbocycles. The van der Waals surface area contributed by atoms with Gasteiger partial charge in [0.2, 0.25) is 5.91 Å². The number of nitrogens with zero attached hydrogens (tertiary/aromatic N) is 1. The Hall–Kier alpha value is -1.20. The smallest absolute Gasteiger partial charge is 0.233 e.